The minimum Gasteiger partial charge on any atom is -0.360 e. The Kier molecular flexibility index (Phi) is 4.39. The summed E-state index contributed by atoms with van der Waals surface area (Å²) in [4.78, 5) is 10.9. The van der Waals surface area contributed by atoms with Gasteiger partial charge in [0.15, 0.2) is 0 Å². The van der Waals surface area contributed by atoms with Crippen molar-refractivity contribution in [3.8, 4) is 0 Å². The fourth-order valence-corrected chi connectivity index (χ4v) is 2.83. The Hall–Kier alpha value is -1.47. The SMILES string of the molecule is CCCC(OC)n1nc(C)c2c([N+](=O)[O-])c(Br)ccc21. The lowest BCUT2D eigenvalue weighted by Crippen LogP contribution is -2.12. The number of rotatable bonds is 5. The lowest BCUT2D eigenvalue weighted by molar-refractivity contribution is -0.383. The Labute approximate surface area is 125 Å². The molecular formula is C13H16BrN3O3. The molecule has 1 aromatic carbocycles. The first kappa shape index (κ1) is 14.9. The Bertz CT molecular complexity index is 654. The van der Waals surface area contributed by atoms with Crippen LogP contribution in [-0.2, 0) is 4.74 Å². The Morgan fingerprint density at radius 1 is 1.55 bits per heavy atom. The van der Waals surface area contributed by atoms with Gasteiger partial charge in [0.25, 0.3) is 5.69 Å². The number of benzene rings is 1. The molecule has 2 rings (SSSR count). The number of methoxy groups -OCH3 is 1. The van der Waals surface area contributed by atoms with Crippen LogP contribution in [0.25, 0.3) is 10.9 Å². The van der Waals surface area contributed by atoms with Crippen molar-refractivity contribution in [1.29, 1.82) is 0 Å². The molecule has 0 radical (unpaired) electrons. The molecule has 1 atom stereocenters. The minimum atomic E-state index is -0.382. The highest BCUT2D eigenvalue weighted by Gasteiger charge is 2.24. The molecule has 0 saturated heterocycles. The number of fused-ring (bicyclic) bond motifs is 1. The van der Waals surface area contributed by atoms with Gasteiger partial charge in [0, 0.05) is 7.11 Å². The highest BCUT2D eigenvalue weighted by molar-refractivity contribution is 9.10. The van der Waals surface area contributed by atoms with E-state index in [1.165, 1.54) is 0 Å². The first-order valence-corrected chi connectivity index (χ1v) is 7.15. The van der Waals surface area contributed by atoms with Crippen LogP contribution in [-0.4, -0.2) is 21.8 Å². The number of hydrogen-bond acceptors (Lipinski definition) is 4. The normalized spacial score (nSPS) is 12.8. The van der Waals surface area contributed by atoms with Crippen LogP contribution in [0.4, 0.5) is 5.69 Å². The largest absolute Gasteiger partial charge is 0.360 e. The Morgan fingerprint density at radius 3 is 2.80 bits per heavy atom. The molecule has 20 heavy (non-hydrogen) atoms. The van der Waals surface area contributed by atoms with Gasteiger partial charge < -0.3 is 4.74 Å². The van der Waals surface area contributed by atoms with Gasteiger partial charge in [-0.3, -0.25) is 10.1 Å². The maximum absolute atomic E-state index is 11.3. The molecule has 0 aliphatic heterocycles. The summed E-state index contributed by atoms with van der Waals surface area (Å²) >= 11 is 3.24. The van der Waals surface area contributed by atoms with Gasteiger partial charge in [-0.15, -0.1) is 0 Å². The highest BCUT2D eigenvalue weighted by atomic mass is 79.9. The van der Waals surface area contributed by atoms with E-state index >= 15 is 0 Å². The van der Waals surface area contributed by atoms with Crippen LogP contribution in [0.15, 0.2) is 16.6 Å². The van der Waals surface area contributed by atoms with Gasteiger partial charge in [-0.2, -0.15) is 5.10 Å². The summed E-state index contributed by atoms with van der Waals surface area (Å²) in [7, 11) is 1.62. The summed E-state index contributed by atoms with van der Waals surface area (Å²) in [6.07, 6.45) is 1.53. The first-order valence-electron chi connectivity index (χ1n) is 6.35. The average Bonchev–Trinajstić information content (AvgIpc) is 2.73. The molecule has 7 heteroatoms. The van der Waals surface area contributed by atoms with Crippen LogP contribution in [0.5, 0.6) is 0 Å². The number of ether oxygens (including phenoxy) is 1. The van der Waals surface area contributed by atoms with E-state index in [1.54, 1.807) is 24.8 Å². The van der Waals surface area contributed by atoms with E-state index < -0.39 is 0 Å². The fraction of sp³-hybridized carbons (Fsp3) is 0.462. The molecule has 6 nitrogen and oxygen atoms in total. The molecule has 1 aromatic heterocycles. The molecule has 1 heterocycles. The predicted molar refractivity (Wildman–Crippen MR) is 79.8 cm³/mol. The van der Waals surface area contributed by atoms with E-state index in [0.717, 1.165) is 18.4 Å². The molecule has 0 saturated carbocycles. The van der Waals surface area contributed by atoms with Gasteiger partial charge in [-0.05, 0) is 41.4 Å². The van der Waals surface area contributed by atoms with Crippen molar-refractivity contribution in [3.63, 3.8) is 0 Å². The van der Waals surface area contributed by atoms with Crippen LogP contribution in [0.3, 0.4) is 0 Å². The van der Waals surface area contributed by atoms with E-state index in [4.69, 9.17) is 4.74 Å². The van der Waals surface area contributed by atoms with Crippen LogP contribution in [0.1, 0.15) is 31.7 Å². The van der Waals surface area contributed by atoms with Crippen molar-refractivity contribution in [2.45, 2.75) is 32.9 Å². The number of nitrogens with zero attached hydrogens (tertiary/aromatic N) is 3. The van der Waals surface area contributed by atoms with E-state index in [-0.39, 0.29) is 16.8 Å². The van der Waals surface area contributed by atoms with Crippen molar-refractivity contribution in [1.82, 2.24) is 9.78 Å². The number of nitro groups is 1. The average molecular weight is 342 g/mol. The lowest BCUT2D eigenvalue weighted by atomic mass is 10.2. The second-order valence-electron chi connectivity index (χ2n) is 4.56. The number of halogens is 1. The molecule has 0 aliphatic rings. The second-order valence-corrected chi connectivity index (χ2v) is 5.41. The maximum atomic E-state index is 11.3. The minimum absolute atomic E-state index is 0.0533. The van der Waals surface area contributed by atoms with Crippen molar-refractivity contribution in [2.24, 2.45) is 0 Å². The van der Waals surface area contributed by atoms with E-state index in [1.807, 2.05) is 6.07 Å². The molecule has 0 bridgehead atoms. The zero-order valence-corrected chi connectivity index (χ0v) is 13.2. The van der Waals surface area contributed by atoms with Crippen molar-refractivity contribution in [3.05, 3.63) is 32.4 Å². The van der Waals surface area contributed by atoms with Gasteiger partial charge in [0.2, 0.25) is 0 Å². The Morgan fingerprint density at radius 2 is 2.25 bits per heavy atom. The standard InChI is InChI=1S/C13H16BrN3O3/c1-4-5-11(20-3)16-10-7-6-9(14)13(17(18)19)12(10)8(2)15-16/h6-7,11H,4-5H2,1-3H3. The zero-order chi connectivity index (χ0) is 14.9. The van der Waals surface area contributed by atoms with Crippen LogP contribution in [0, 0.1) is 17.0 Å². The van der Waals surface area contributed by atoms with E-state index in [9.17, 15) is 10.1 Å². The van der Waals surface area contributed by atoms with E-state index in [0.29, 0.717) is 15.6 Å². The molecule has 0 aliphatic carbocycles. The second kappa shape index (κ2) is 5.88. The van der Waals surface area contributed by atoms with Crippen molar-refractivity contribution in [2.75, 3.05) is 7.11 Å². The lowest BCUT2D eigenvalue weighted by Gasteiger charge is -2.15. The topological polar surface area (TPSA) is 70.2 Å². The molecule has 1 unspecified atom stereocenters. The number of aryl methyl sites for hydroxylation is 1. The van der Waals surface area contributed by atoms with Gasteiger partial charge in [0.1, 0.15) is 11.6 Å². The number of nitro benzene ring substituents is 1. The summed E-state index contributed by atoms with van der Waals surface area (Å²) in [5.41, 5.74) is 1.40. The molecule has 108 valence electrons. The van der Waals surface area contributed by atoms with Crippen molar-refractivity contribution >= 4 is 32.5 Å². The molecule has 0 spiro atoms. The first-order chi connectivity index (χ1) is 9.51. The smallest absolute Gasteiger partial charge is 0.294 e. The third kappa shape index (κ3) is 2.43. The van der Waals surface area contributed by atoms with Crippen LogP contribution < -0.4 is 0 Å². The van der Waals surface area contributed by atoms with Gasteiger partial charge in [-0.25, -0.2) is 4.68 Å². The van der Waals surface area contributed by atoms with Crippen LogP contribution in [0.2, 0.25) is 0 Å². The summed E-state index contributed by atoms with van der Waals surface area (Å²) in [5, 5.41) is 16.3. The fourth-order valence-electron chi connectivity index (χ4n) is 2.35. The summed E-state index contributed by atoms with van der Waals surface area (Å²) in [6, 6.07) is 3.50. The van der Waals surface area contributed by atoms with Crippen molar-refractivity contribution < 1.29 is 9.66 Å². The molecule has 0 fully saturated rings. The molecule has 0 amide bonds. The molecule has 2 aromatic rings. The van der Waals surface area contributed by atoms with E-state index in [2.05, 4.69) is 28.0 Å². The van der Waals surface area contributed by atoms with Crippen LogP contribution >= 0.6 is 15.9 Å². The highest BCUT2D eigenvalue weighted by Crippen LogP contribution is 2.36. The summed E-state index contributed by atoms with van der Waals surface area (Å²) in [6.45, 7) is 3.83. The van der Waals surface area contributed by atoms with Gasteiger partial charge in [-0.1, -0.05) is 13.3 Å². The quantitative estimate of drug-likeness (QED) is 0.609. The third-order valence-corrected chi connectivity index (χ3v) is 3.88. The number of aromatic nitrogens is 2. The third-order valence-electron chi connectivity index (χ3n) is 3.24. The predicted octanol–water partition coefficient (Wildman–Crippen LogP) is 3.96. The Balaban J connectivity index is 2.72. The maximum Gasteiger partial charge on any atom is 0.294 e. The summed E-state index contributed by atoms with van der Waals surface area (Å²) < 4.78 is 7.64. The molecular weight excluding hydrogens is 326 g/mol. The number of hydrogen-bond donors (Lipinski definition) is 0. The molecule has 0 N–H and O–H groups in total. The monoisotopic (exact) mass is 341 g/mol. The van der Waals surface area contributed by atoms with Gasteiger partial charge >= 0.3 is 0 Å². The van der Waals surface area contributed by atoms with Gasteiger partial charge in [0.05, 0.1) is 20.6 Å². The summed E-state index contributed by atoms with van der Waals surface area (Å²) in [5.74, 6) is 0. The zero-order valence-electron chi connectivity index (χ0n) is 11.6.